The second-order valence-electron chi connectivity index (χ2n) is 4.39. The van der Waals surface area contributed by atoms with Crippen LogP contribution in [0.4, 0.5) is 13.2 Å². The number of rotatable bonds is 4. The third kappa shape index (κ3) is 3.22. The summed E-state index contributed by atoms with van der Waals surface area (Å²) < 4.78 is 47.4. The van der Waals surface area contributed by atoms with Crippen molar-refractivity contribution in [3.63, 3.8) is 0 Å². The van der Waals surface area contributed by atoms with Crippen LogP contribution < -0.4 is 10.1 Å². The Morgan fingerprint density at radius 3 is 2.14 bits per heavy atom. The molecule has 2 aromatic carbocycles. The molecule has 0 aliphatic rings. The fourth-order valence-corrected chi connectivity index (χ4v) is 2.56. The van der Waals surface area contributed by atoms with Crippen molar-refractivity contribution in [2.24, 2.45) is 0 Å². The molecule has 2 aromatic rings. The van der Waals surface area contributed by atoms with Gasteiger partial charge in [-0.15, -0.1) is 0 Å². The molecular weight excluding hydrogens is 347 g/mol. The molecule has 21 heavy (non-hydrogen) atoms. The molecule has 0 bridgehead atoms. The highest BCUT2D eigenvalue weighted by molar-refractivity contribution is 9.10. The minimum atomic E-state index is -0.941. The Morgan fingerprint density at radius 2 is 1.67 bits per heavy atom. The largest absolute Gasteiger partial charge is 0.497 e. The van der Waals surface area contributed by atoms with E-state index in [9.17, 15) is 13.2 Å². The lowest BCUT2D eigenvalue weighted by Crippen LogP contribution is -2.21. The van der Waals surface area contributed by atoms with Gasteiger partial charge in [0.2, 0.25) is 0 Å². The molecule has 0 saturated heterocycles. The molecular formula is C15H13BrF3NO. The summed E-state index contributed by atoms with van der Waals surface area (Å²) in [5.41, 5.74) is -0.0943. The monoisotopic (exact) mass is 359 g/mol. The van der Waals surface area contributed by atoms with Gasteiger partial charge >= 0.3 is 0 Å². The molecule has 0 heterocycles. The van der Waals surface area contributed by atoms with E-state index in [1.807, 2.05) is 0 Å². The van der Waals surface area contributed by atoms with Crippen molar-refractivity contribution in [2.75, 3.05) is 14.2 Å². The SMILES string of the molecule is CNC(c1ccc(OC)cc1F)c1c(F)cc(Br)cc1F. The zero-order valence-electron chi connectivity index (χ0n) is 11.4. The molecule has 0 aliphatic carbocycles. The van der Waals surface area contributed by atoms with Gasteiger partial charge < -0.3 is 10.1 Å². The summed E-state index contributed by atoms with van der Waals surface area (Å²) in [4.78, 5) is 0. The topological polar surface area (TPSA) is 21.3 Å². The minimum absolute atomic E-state index is 0.137. The summed E-state index contributed by atoms with van der Waals surface area (Å²) >= 11 is 3.02. The molecule has 1 N–H and O–H groups in total. The van der Waals surface area contributed by atoms with Crippen LogP contribution in [0.3, 0.4) is 0 Å². The van der Waals surface area contributed by atoms with E-state index < -0.39 is 23.5 Å². The Labute approximate surface area is 129 Å². The zero-order chi connectivity index (χ0) is 15.6. The smallest absolute Gasteiger partial charge is 0.132 e. The molecule has 1 unspecified atom stereocenters. The van der Waals surface area contributed by atoms with Gasteiger partial charge in [0.25, 0.3) is 0 Å². The lowest BCUT2D eigenvalue weighted by atomic mass is 9.97. The van der Waals surface area contributed by atoms with Crippen LogP contribution in [0, 0.1) is 17.5 Å². The Hall–Kier alpha value is -1.53. The van der Waals surface area contributed by atoms with Crippen molar-refractivity contribution < 1.29 is 17.9 Å². The van der Waals surface area contributed by atoms with Crippen LogP contribution in [0.5, 0.6) is 5.75 Å². The maximum Gasteiger partial charge on any atom is 0.132 e. The number of hydrogen-bond acceptors (Lipinski definition) is 2. The van der Waals surface area contributed by atoms with Crippen molar-refractivity contribution in [1.82, 2.24) is 5.32 Å². The molecule has 2 nitrogen and oxygen atoms in total. The molecule has 0 fully saturated rings. The normalized spacial score (nSPS) is 12.3. The van der Waals surface area contributed by atoms with Gasteiger partial charge in [-0.1, -0.05) is 22.0 Å². The lowest BCUT2D eigenvalue weighted by molar-refractivity contribution is 0.410. The Balaban J connectivity index is 2.55. The number of methoxy groups -OCH3 is 1. The molecule has 6 heteroatoms. The van der Waals surface area contributed by atoms with E-state index in [1.165, 1.54) is 32.4 Å². The van der Waals surface area contributed by atoms with Gasteiger partial charge in [-0.3, -0.25) is 0 Å². The summed E-state index contributed by atoms with van der Waals surface area (Å²) in [6, 6.07) is 5.50. The maximum atomic E-state index is 14.1. The van der Waals surface area contributed by atoms with Gasteiger partial charge in [-0.05, 0) is 25.2 Å². The van der Waals surface area contributed by atoms with Gasteiger partial charge in [-0.2, -0.15) is 0 Å². The van der Waals surface area contributed by atoms with E-state index in [0.29, 0.717) is 5.75 Å². The maximum absolute atomic E-state index is 14.1. The summed E-state index contributed by atoms with van der Waals surface area (Å²) in [7, 11) is 2.92. The quantitative estimate of drug-likeness (QED) is 0.883. The average Bonchev–Trinajstić information content (AvgIpc) is 2.43. The predicted molar refractivity (Wildman–Crippen MR) is 77.9 cm³/mol. The number of ether oxygens (including phenoxy) is 1. The Kier molecular flexibility index (Phi) is 4.90. The average molecular weight is 360 g/mol. The van der Waals surface area contributed by atoms with Crippen molar-refractivity contribution >= 4 is 15.9 Å². The van der Waals surface area contributed by atoms with Crippen LogP contribution in [-0.2, 0) is 0 Å². The van der Waals surface area contributed by atoms with E-state index in [2.05, 4.69) is 21.2 Å². The fraction of sp³-hybridized carbons (Fsp3) is 0.200. The number of benzene rings is 2. The summed E-state index contributed by atoms with van der Waals surface area (Å²) in [5, 5.41) is 2.74. The van der Waals surface area contributed by atoms with Crippen LogP contribution in [0.15, 0.2) is 34.8 Å². The van der Waals surface area contributed by atoms with Gasteiger partial charge in [0.15, 0.2) is 0 Å². The second kappa shape index (κ2) is 6.49. The molecule has 0 saturated carbocycles. The first kappa shape index (κ1) is 15.9. The molecule has 1 atom stereocenters. The van der Waals surface area contributed by atoms with E-state index in [1.54, 1.807) is 0 Å². The molecule has 0 radical (unpaired) electrons. The summed E-state index contributed by atoms with van der Waals surface area (Å²) in [5.74, 6) is -1.77. The van der Waals surface area contributed by atoms with Crippen molar-refractivity contribution in [3.05, 3.63) is 63.4 Å². The molecule has 2 rings (SSSR count). The highest BCUT2D eigenvalue weighted by Gasteiger charge is 2.24. The van der Waals surface area contributed by atoms with Crippen molar-refractivity contribution in [1.29, 1.82) is 0 Å². The minimum Gasteiger partial charge on any atom is -0.497 e. The Bertz CT molecular complexity index is 640. The van der Waals surface area contributed by atoms with Crippen LogP contribution in [-0.4, -0.2) is 14.2 Å². The number of halogens is 4. The lowest BCUT2D eigenvalue weighted by Gasteiger charge is -2.20. The Morgan fingerprint density at radius 1 is 1.05 bits per heavy atom. The van der Waals surface area contributed by atoms with E-state index in [4.69, 9.17) is 4.74 Å². The fourth-order valence-electron chi connectivity index (χ4n) is 2.15. The van der Waals surface area contributed by atoms with Gasteiger partial charge in [0.1, 0.15) is 23.2 Å². The molecule has 0 amide bonds. The zero-order valence-corrected chi connectivity index (χ0v) is 13.0. The van der Waals surface area contributed by atoms with Crippen LogP contribution in [0.2, 0.25) is 0 Å². The first-order valence-electron chi connectivity index (χ1n) is 6.13. The van der Waals surface area contributed by atoms with Crippen LogP contribution >= 0.6 is 15.9 Å². The summed E-state index contributed by atoms with van der Waals surface area (Å²) in [6.45, 7) is 0. The summed E-state index contributed by atoms with van der Waals surface area (Å²) in [6.07, 6.45) is 0. The van der Waals surface area contributed by atoms with Gasteiger partial charge in [0.05, 0.1) is 13.2 Å². The number of nitrogens with one attached hydrogen (secondary N) is 1. The highest BCUT2D eigenvalue weighted by Crippen LogP contribution is 2.31. The first-order chi connectivity index (χ1) is 9.97. The number of hydrogen-bond donors (Lipinski definition) is 1. The van der Waals surface area contributed by atoms with E-state index in [-0.39, 0.29) is 15.6 Å². The van der Waals surface area contributed by atoms with E-state index >= 15 is 0 Å². The first-order valence-corrected chi connectivity index (χ1v) is 6.92. The standard InChI is InChI=1S/C15H13BrF3NO/c1-20-15(10-4-3-9(21-2)7-11(10)17)14-12(18)5-8(16)6-13(14)19/h3-7,15,20H,1-2H3. The molecule has 0 aliphatic heterocycles. The van der Waals surface area contributed by atoms with Gasteiger partial charge in [-0.25, -0.2) is 13.2 Å². The van der Waals surface area contributed by atoms with Gasteiger partial charge in [0, 0.05) is 21.7 Å². The molecule has 0 spiro atoms. The highest BCUT2D eigenvalue weighted by atomic mass is 79.9. The predicted octanol–water partition coefficient (Wildman–Crippen LogP) is 4.18. The van der Waals surface area contributed by atoms with Crippen LogP contribution in [0.25, 0.3) is 0 Å². The van der Waals surface area contributed by atoms with Crippen molar-refractivity contribution in [3.8, 4) is 5.75 Å². The third-order valence-electron chi connectivity index (χ3n) is 3.14. The second-order valence-corrected chi connectivity index (χ2v) is 5.31. The molecule has 0 aromatic heterocycles. The van der Waals surface area contributed by atoms with E-state index in [0.717, 1.165) is 12.1 Å². The third-order valence-corrected chi connectivity index (χ3v) is 3.60. The van der Waals surface area contributed by atoms with Crippen molar-refractivity contribution in [2.45, 2.75) is 6.04 Å². The molecule has 112 valence electrons. The van der Waals surface area contributed by atoms with Crippen LogP contribution in [0.1, 0.15) is 17.2 Å².